The van der Waals surface area contributed by atoms with Crippen molar-refractivity contribution in [2.24, 2.45) is 5.92 Å². The van der Waals surface area contributed by atoms with Crippen molar-refractivity contribution in [1.82, 2.24) is 4.90 Å². The smallest absolute Gasteiger partial charge is 0.225 e. The molecule has 0 heterocycles. The minimum Gasteiger partial charge on any atom is -0.326 e. The maximum absolute atomic E-state index is 11.9. The van der Waals surface area contributed by atoms with Crippen LogP contribution in [0.4, 0.5) is 5.69 Å². The van der Waals surface area contributed by atoms with Gasteiger partial charge in [-0.3, -0.25) is 4.79 Å². The number of anilines is 1. The van der Waals surface area contributed by atoms with Gasteiger partial charge < -0.3 is 10.2 Å². The van der Waals surface area contributed by atoms with Crippen LogP contribution in [-0.2, 0) is 4.79 Å². The van der Waals surface area contributed by atoms with Crippen LogP contribution in [0.5, 0.6) is 0 Å². The molecule has 0 aliphatic heterocycles. The molecule has 1 aromatic carbocycles. The Morgan fingerprint density at radius 2 is 2.30 bits per heavy atom. The normalized spacial score (nSPS) is 15.7. The number of carbonyl (C=O) groups is 1. The molecular weight excluding hydrogens is 250 g/mol. The van der Waals surface area contributed by atoms with Crippen LogP contribution in [0, 0.1) is 17.2 Å². The minimum atomic E-state index is -0.00469. The third-order valence-corrected chi connectivity index (χ3v) is 3.97. The average Bonchev–Trinajstić information content (AvgIpc) is 3.28. The zero-order valence-electron chi connectivity index (χ0n) is 12.1. The summed E-state index contributed by atoms with van der Waals surface area (Å²) in [6.07, 6.45) is 3.11. The van der Waals surface area contributed by atoms with E-state index in [0.717, 1.165) is 12.5 Å². The lowest BCUT2D eigenvalue weighted by Gasteiger charge is -2.24. The molecule has 1 aliphatic carbocycles. The summed E-state index contributed by atoms with van der Waals surface area (Å²) in [5, 5.41) is 11.7. The van der Waals surface area contributed by atoms with E-state index in [4.69, 9.17) is 5.26 Å². The van der Waals surface area contributed by atoms with E-state index in [0.29, 0.717) is 23.7 Å². The lowest BCUT2D eigenvalue weighted by Crippen LogP contribution is -2.33. The van der Waals surface area contributed by atoms with E-state index < -0.39 is 0 Å². The number of amides is 1. The first-order valence-corrected chi connectivity index (χ1v) is 7.10. The monoisotopic (exact) mass is 271 g/mol. The Morgan fingerprint density at radius 3 is 2.95 bits per heavy atom. The van der Waals surface area contributed by atoms with Crippen LogP contribution in [0.3, 0.4) is 0 Å². The summed E-state index contributed by atoms with van der Waals surface area (Å²) in [6.45, 7) is 2.99. The Kier molecular flexibility index (Phi) is 4.75. The molecular formula is C16H21N3O. The average molecular weight is 271 g/mol. The fraction of sp³-hybridized carbons (Fsp3) is 0.500. The van der Waals surface area contributed by atoms with Crippen LogP contribution in [0.1, 0.15) is 31.7 Å². The van der Waals surface area contributed by atoms with Gasteiger partial charge in [-0.15, -0.1) is 0 Å². The second-order valence-electron chi connectivity index (χ2n) is 5.55. The van der Waals surface area contributed by atoms with E-state index in [1.54, 1.807) is 24.3 Å². The van der Waals surface area contributed by atoms with Gasteiger partial charge in [-0.25, -0.2) is 0 Å². The molecule has 0 bridgehead atoms. The number of nitrogens with zero attached hydrogens (tertiary/aromatic N) is 2. The van der Waals surface area contributed by atoms with Crippen LogP contribution in [0.25, 0.3) is 0 Å². The number of rotatable bonds is 6. The molecule has 0 radical (unpaired) electrons. The van der Waals surface area contributed by atoms with E-state index in [9.17, 15) is 4.79 Å². The molecule has 1 saturated carbocycles. The topological polar surface area (TPSA) is 56.1 Å². The van der Waals surface area contributed by atoms with Gasteiger partial charge in [0.2, 0.25) is 5.91 Å². The molecule has 1 aromatic rings. The summed E-state index contributed by atoms with van der Waals surface area (Å²) >= 11 is 0. The summed E-state index contributed by atoms with van der Waals surface area (Å²) in [7, 11) is 2.08. The molecule has 106 valence electrons. The molecule has 0 spiro atoms. The van der Waals surface area contributed by atoms with E-state index in [1.165, 1.54) is 12.8 Å². The lowest BCUT2D eigenvalue weighted by molar-refractivity contribution is -0.116. The zero-order chi connectivity index (χ0) is 14.5. The molecule has 4 heteroatoms. The van der Waals surface area contributed by atoms with Gasteiger partial charge in [-0.2, -0.15) is 5.26 Å². The zero-order valence-corrected chi connectivity index (χ0v) is 12.1. The highest BCUT2D eigenvalue weighted by molar-refractivity contribution is 5.90. The molecule has 0 saturated heterocycles. The van der Waals surface area contributed by atoms with Crippen molar-refractivity contribution in [3.05, 3.63) is 29.8 Å². The Hall–Kier alpha value is -1.86. The Balaban J connectivity index is 1.78. The van der Waals surface area contributed by atoms with Crippen molar-refractivity contribution in [3.8, 4) is 6.07 Å². The molecule has 1 amide bonds. The van der Waals surface area contributed by atoms with Gasteiger partial charge >= 0.3 is 0 Å². The van der Waals surface area contributed by atoms with Crippen molar-refractivity contribution >= 4 is 11.6 Å². The molecule has 1 fully saturated rings. The first kappa shape index (κ1) is 14.5. The highest BCUT2D eigenvalue weighted by Gasteiger charge is 2.30. The number of hydrogen-bond acceptors (Lipinski definition) is 3. The summed E-state index contributed by atoms with van der Waals surface area (Å²) in [5.74, 6) is 0.810. The van der Waals surface area contributed by atoms with Gasteiger partial charge in [-0.05, 0) is 50.9 Å². The number of nitrogens with one attached hydrogen (secondary N) is 1. The molecule has 0 aromatic heterocycles. The van der Waals surface area contributed by atoms with Gasteiger partial charge in [0.25, 0.3) is 0 Å². The molecule has 1 unspecified atom stereocenters. The highest BCUT2D eigenvalue weighted by atomic mass is 16.1. The lowest BCUT2D eigenvalue weighted by atomic mass is 10.2. The van der Waals surface area contributed by atoms with Crippen molar-refractivity contribution in [2.45, 2.75) is 32.2 Å². The number of hydrogen-bond donors (Lipinski definition) is 1. The SMILES string of the molecule is CC(C1CC1)N(C)CCC(=O)Nc1cccc(C#N)c1. The minimum absolute atomic E-state index is 0.00469. The summed E-state index contributed by atoms with van der Waals surface area (Å²) < 4.78 is 0. The highest BCUT2D eigenvalue weighted by Crippen LogP contribution is 2.34. The van der Waals surface area contributed by atoms with Crippen molar-refractivity contribution in [2.75, 3.05) is 18.9 Å². The summed E-state index contributed by atoms with van der Waals surface area (Å²) in [4.78, 5) is 14.2. The van der Waals surface area contributed by atoms with Crippen LogP contribution in [-0.4, -0.2) is 30.4 Å². The van der Waals surface area contributed by atoms with Crippen LogP contribution < -0.4 is 5.32 Å². The van der Waals surface area contributed by atoms with Crippen molar-refractivity contribution in [1.29, 1.82) is 5.26 Å². The van der Waals surface area contributed by atoms with E-state index in [-0.39, 0.29) is 5.91 Å². The number of nitriles is 1. The quantitative estimate of drug-likeness (QED) is 0.865. The standard InChI is InChI=1S/C16H21N3O/c1-12(14-6-7-14)19(2)9-8-16(20)18-15-5-3-4-13(10-15)11-17/h3-5,10,12,14H,6-9H2,1-2H3,(H,18,20). The van der Waals surface area contributed by atoms with Gasteiger partial charge in [0, 0.05) is 24.7 Å². The second kappa shape index (κ2) is 6.53. The van der Waals surface area contributed by atoms with Gasteiger partial charge in [0.1, 0.15) is 0 Å². The molecule has 4 nitrogen and oxygen atoms in total. The van der Waals surface area contributed by atoms with E-state index in [2.05, 4.69) is 30.3 Å². The van der Waals surface area contributed by atoms with E-state index >= 15 is 0 Å². The molecule has 20 heavy (non-hydrogen) atoms. The Bertz CT molecular complexity index is 517. The van der Waals surface area contributed by atoms with Crippen LogP contribution in [0.15, 0.2) is 24.3 Å². The Labute approximate surface area is 120 Å². The first-order valence-electron chi connectivity index (χ1n) is 7.10. The summed E-state index contributed by atoms with van der Waals surface area (Å²) in [5.41, 5.74) is 1.24. The molecule has 1 aliphatic rings. The first-order chi connectivity index (χ1) is 9.60. The van der Waals surface area contributed by atoms with Crippen molar-refractivity contribution < 1.29 is 4.79 Å². The maximum Gasteiger partial charge on any atom is 0.225 e. The third kappa shape index (κ3) is 4.07. The second-order valence-corrected chi connectivity index (χ2v) is 5.55. The number of benzene rings is 1. The number of carbonyl (C=O) groups excluding carboxylic acids is 1. The fourth-order valence-corrected chi connectivity index (χ4v) is 2.31. The van der Waals surface area contributed by atoms with Gasteiger partial charge in [0.05, 0.1) is 11.6 Å². The predicted molar refractivity (Wildman–Crippen MR) is 79.2 cm³/mol. The predicted octanol–water partition coefficient (Wildman–Crippen LogP) is 2.62. The summed E-state index contributed by atoms with van der Waals surface area (Å²) in [6, 6.07) is 9.61. The van der Waals surface area contributed by atoms with Crippen LogP contribution in [0.2, 0.25) is 0 Å². The largest absolute Gasteiger partial charge is 0.326 e. The molecule has 2 rings (SSSR count). The van der Waals surface area contributed by atoms with Crippen molar-refractivity contribution in [3.63, 3.8) is 0 Å². The van der Waals surface area contributed by atoms with E-state index in [1.807, 2.05) is 0 Å². The van der Waals surface area contributed by atoms with Crippen LogP contribution >= 0.6 is 0 Å². The molecule has 1 N–H and O–H groups in total. The Morgan fingerprint density at radius 1 is 1.55 bits per heavy atom. The fourth-order valence-electron chi connectivity index (χ4n) is 2.31. The maximum atomic E-state index is 11.9. The van der Waals surface area contributed by atoms with Gasteiger partial charge in [-0.1, -0.05) is 6.07 Å². The van der Waals surface area contributed by atoms with Gasteiger partial charge in [0.15, 0.2) is 0 Å². The third-order valence-electron chi connectivity index (χ3n) is 3.97. The molecule has 1 atom stereocenters.